The van der Waals surface area contributed by atoms with Crippen molar-refractivity contribution in [2.24, 2.45) is 5.92 Å². The van der Waals surface area contributed by atoms with Crippen molar-refractivity contribution in [3.63, 3.8) is 0 Å². The SMILES string of the molecule is Cc1cc(C)c2c(c1)C(Cc1ccc(C3CCCC[C@@H]3C(=O)O)cc1)C1=C2CCCC1. The number of hydrogen-bond donors (Lipinski definition) is 1. The van der Waals surface area contributed by atoms with Crippen molar-refractivity contribution in [1.29, 1.82) is 0 Å². The van der Waals surface area contributed by atoms with E-state index >= 15 is 0 Å². The largest absolute Gasteiger partial charge is 0.481 e. The molecule has 0 aromatic heterocycles. The smallest absolute Gasteiger partial charge is 0.307 e. The molecule has 1 saturated carbocycles. The second kappa shape index (κ2) is 8.30. The minimum Gasteiger partial charge on any atom is -0.481 e. The summed E-state index contributed by atoms with van der Waals surface area (Å²) in [5.41, 5.74) is 11.8. The van der Waals surface area contributed by atoms with Crippen molar-refractivity contribution in [2.75, 3.05) is 0 Å². The third kappa shape index (κ3) is 3.75. The van der Waals surface area contributed by atoms with E-state index in [9.17, 15) is 9.90 Å². The summed E-state index contributed by atoms with van der Waals surface area (Å²) in [5, 5.41) is 9.66. The summed E-state index contributed by atoms with van der Waals surface area (Å²) in [7, 11) is 0. The lowest BCUT2D eigenvalue weighted by molar-refractivity contribution is -0.143. The van der Waals surface area contributed by atoms with E-state index in [0.29, 0.717) is 5.92 Å². The number of carboxylic acid groups (broad SMARTS) is 1. The van der Waals surface area contributed by atoms with Crippen molar-refractivity contribution >= 4 is 11.5 Å². The van der Waals surface area contributed by atoms with E-state index in [-0.39, 0.29) is 11.8 Å². The fourth-order valence-electron chi connectivity index (χ4n) is 6.67. The first-order valence-electron chi connectivity index (χ1n) is 12.2. The summed E-state index contributed by atoms with van der Waals surface area (Å²) in [5.74, 6) is -0.164. The highest BCUT2D eigenvalue weighted by Gasteiger charge is 2.34. The third-order valence-corrected chi connectivity index (χ3v) is 8.05. The lowest BCUT2D eigenvalue weighted by Crippen LogP contribution is -2.25. The van der Waals surface area contributed by atoms with Crippen molar-refractivity contribution in [1.82, 2.24) is 0 Å². The number of aliphatic carboxylic acids is 1. The average Bonchev–Trinajstić information content (AvgIpc) is 3.08. The topological polar surface area (TPSA) is 37.3 Å². The van der Waals surface area contributed by atoms with Crippen LogP contribution in [-0.2, 0) is 11.2 Å². The molecule has 0 heterocycles. The van der Waals surface area contributed by atoms with Gasteiger partial charge >= 0.3 is 5.97 Å². The molecule has 2 unspecified atom stereocenters. The van der Waals surface area contributed by atoms with E-state index in [0.717, 1.165) is 32.1 Å². The monoisotopic (exact) mass is 414 g/mol. The van der Waals surface area contributed by atoms with E-state index in [1.165, 1.54) is 47.9 Å². The van der Waals surface area contributed by atoms with Gasteiger partial charge in [0.05, 0.1) is 5.92 Å². The van der Waals surface area contributed by atoms with Crippen LogP contribution < -0.4 is 0 Å². The summed E-state index contributed by atoms with van der Waals surface area (Å²) in [6.45, 7) is 4.50. The van der Waals surface area contributed by atoms with Crippen LogP contribution in [0, 0.1) is 19.8 Å². The maximum absolute atomic E-state index is 11.7. The van der Waals surface area contributed by atoms with Crippen LogP contribution in [0.4, 0.5) is 0 Å². The van der Waals surface area contributed by atoms with Crippen LogP contribution in [0.3, 0.4) is 0 Å². The Hall–Kier alpha value is -2.35. The molecule has 2 nitrogen and oxygen atoms in total. The van der Waals surface area contributed by atoms with Gasteiger partial charge in [-0.2, -0.15) is 0 Å². The molecule has 5 rings (SSSR count). The number of hydrogen-bond acceptors (Lipinski definition) is 1. The average molecular weight is 415 g/mol. The fourth-order valence-corrected chi connectivity index (χ4v) is 6.67. The van der Waals surface area contributed by atoms with Crippen LogP contribution in [0.5, 0.6) is 0 Å². The summed E-state index contributed by atoms with van der Waals surface area (Å²) in [6.07, 6.45) is 10.2. The highest BCUT2D eigenvalue weighted by molar-refractivity contribution is 5.81. The van der Waals surface area contributed by atoms with E-state index in [1.54, 1.807) is 22.3 Å². The van der Waals surface area contributed by atoms with Gasteiger partial charge in [0.1, 0.15) is 0 Å². The van der Waals surface area contributed by atoms with Crippen LogP contribution in [0.15, 0.2) is 42.0 Å². The fraction of sp³-hybridized carbons (Fsp3) is 0.483. The number of rotatable bonds is 4. The Morgan fingerprint density at radius 3 is 2.48 bits per heavy atom. The highest BCUT2D eigenvalue weighted by Crippen LogP contribution is 2.51. The van der Waals surface area contributed by atoms with Gasteiger partial charge < -0.3 is 5.11 Å². The minimum atomic E-state index is -0.626. The first kappa shape index (κ1) is 20.5. The molecule has 0 amide bonds. The van der Waals surface area contributed by atoms with Gasteiger partial charge in [-0.25, -0.2) is 0 Å². The Morgan fingerprint density at radius 1 is 0.968 bits per heavy atom. The molecule has 0 radical (unpaired) electrons. The molecule has 0 bridgehead atoms. The predicted molar refractivity (Wildman–Crippen MR) is 127 cm³/mol. The number of carboxylic acids is 1. The first-order chi connectivity index (χ1) is 15.0. The normalized spacial score (nSPS) is 25.3. The molecule has 162 valence electrons. The molecule has 1 fully saturated rings. The van der Waals surface area contributed by atoms with Gasteiger partial charge in [0.2, 0.25) is 0 Å². The van der Waals surface area contributed by atoms with E-state index < -0.39 is 5.97 Å². The van der Waals surface area contributed by atoms with Crippen molar-refractivity contribution in [2.45, 2.75) is 83.5 Å². The standard InChI is InChI=1S/C29H34O2/c1-18-15-19(2)28-24-9-5-4-8-23(24)26(27(28)16-18)17-20-11-13-21(14-12-20)22-7-3-6-10-25(22)29(30)31/h11-16,22,25-26H,3-10,17H2,1-2H3,(H,30,31)/t22?,25-,26?/m0/s1. The zero-order valence-electron chi connectivity index (χ0n) is 18.9. The van der Waals surface area contributed by atoms with Gasteiger partial charge in [0.15, 0.2) is 0 Å². The molecule has 2 heteroatoms. The third-order valence-electron chi connectivity index (χ3n) is 8.05. The van der Waals surface area contributed by atoms with Gasteiger partial charge in [-0.15, -0.1) is 0 Å². The molecule has 0 spiro atoms. The lowest BCUT2D eigenvalue weighted by atomic mass is 9.75. The first-order valence-corrected chi connectivity index (χ1v) is 12.2. The quantitative estimate of drug-likeness (QED) is 0.569. The lowest BCUT2D eigenvalue weighted by Gasteiger charge is -2.29. The van der Waals surface area contributed by atoms with Gasteiger partial charge in [-0.05, 0) is 98.1 Å². The Labute approximate surface area is 186 Å². The number of benzene rings is 2. The van der Waals surface area contributed by atoms with Crippen LogP contribution >= 0.6 is 0 Å². The van der Waals surface area contributed by atoms with Crippen molar-refractivity contribution < 1.29 is 9.90 Å². The molecular formula is C29H34O2. The maximum Gasteiger partial charge on any atom is 0.307 e. The molecule has 1 N–H and O–H groups in total. The Morgan fingerprint density at radius 2 is 1.71 bits per heavy atom. The van der Waals surface area contributed by atoms with Crippen molar-refractivity contribution in [3.8, 4) is 0 Å². The molecule has 31 heavy (non-hydrogen) atoms. The van der Waals surface area contributed by atoms with Gasteiger partial charge in [-0.3, -0.25) is 4.79 Å². The summed E-state index contributed by atoms with van der Waals surface area (Å²) in [4.78, 5) is 11.7. The second-order valence-corrected chi connectivity index (χ2v) is 10.1. The minimum absolute atomic E-state index is 0.172. The van der Waals surface area contributed by atoms with Gasteiger partial charge in [-0.1, -0.05) is 60.4 Å². The number of aryl methyl sites for hydroxylation is 2. The number of carbonyl (C=O) groups is 1. The molecule has 0 saturated heterocycles. The molecule has 2 aromatic carbocycles. The van der Waals surface area contributed by atoms with Crippen LogP contribution in [0.1, 0.15) is 96.6 Å². The molecular weight excluding hydrogens is 380 g/mol. The predicted octanol–water partition coefficient (Wildman–Crippen LogP) is 7.33. The summed E-state index contributed by atoms with van der Waals surface area (Å²) >= 11 is 0. The van der Waals surface area contributed by atoms with Gasteiger partial charge in [0.25, 0.3) is 0 Å². The molecule has 3 atom stereocenters. The molecule has 3 aliphatic carbocycles. The number of fused-ring (bicyclic) bond motifs is 2. The molecule has 0 aliphatic heterocycles. The Kier molecular flexibility index (Phi) is 5.50. The van der Waals surface area contributed by atoms with E-state index in [4.69, 9.17) is 0 Å². The van der Waals surface area contributed by atoms with Crippen LogP contribution in [0.25, 0.3) is 5.57 Å². The highest BCUT2D eigenvalue weighted by atomic mass is 16.4. The Balaban J connectivity index is 1.43. The summed E-state index contributed by atoms with van der Waals surface area (Å²) in [6, 6.07) is 13.8. The second-order valence-electron chi connectivity index (χ2n) is 10.1. The maximum atomic E-state index is 11.7. The van der Waals surface area contributed by atoms with E-state index in [1.807, 2.05) is 0 Å². The number of allylic oxidation sites excluding steroid dienone is 2. The van der Waals surface area contributed by atoms with Crippen molar-refractivity contribution in [3.05, 3.63) is 75.4 Å². The van der Waals surface area contributed by atoms with Crippen LogP contribution in [0.2, 0.25) is 0 Å². The zero-order chi connectivity index (χ0) is 21.5. The van der Waals surface area contributed by atoms with E-state index in [2.05, 4.69) is 50.2 Å². The summed E-state index contributed by atoms with van der Waals surface area (Å²) < 4.78 is 0. The zero-order valence-corrected chi connectivity index (χ0v) is 18.9. The van der Waals surface area contributed by atoms with Gasteiger partial charge in [0, 0.05) is 5.92 Å². The van der Waals surface area contributed by atoms with Crippen LogP contribution in [-0.4, -0.2) is 11.1 Å². The molecule has 2 aromatic rings. The Bertz CT molecular complexity index is 1030. The molecule has 3 aliphatic rings.